The number of carbonyl (C=O) groups is 7. The first-order valence-electron chi connectivity index (χ1n) is 16.8. The fourth-order valence-corrected chi connectivity index (χ4v) is 5.64. The Morgan fingerprint density at radius 3 is 1.71 bits per heavy atom. The Hall–Kier alpha value is -5.27. The van der Waals surface area contributed by atoms with Gasteiger partial charge >= 0.3 is 24.0 Å². The highest BCUT2D eigenvalue weighted by molar-refractivity contribution is 6.01. The Labute approximate surface area is 296 Å². The highest BCUT2D eigenvalue weighted by atomic mass is 16.7. The van der Waals surface area contributed by atoms with Crippen molar-refractivity contribution in [3.63, 3.8) is 0 Å². The fraction of sp³-hybridized carbons (Fsp3) is 0.486. The minimum atomic E-state index is -1.32. The van der Waals surface area contributed by atoms with Gasteiger partial charge in [0, 0.05) is 25.2 Å². The van der Waals surface area contributed by atoms with E-state index in [0.717, 1.165) is 22.3 Å². The van der Waals surface area contributed by atoms with Crippen LogP contribution < -0.4 is 10.6 Å². The van der Waals surface area contributed by atoms with Crippen LogP contribution in [-0.4, -0.2) is 76.7 Å². The second kappa shape index (κ2) is 16.2. The first-order chi connectivity index (χ1) is 23.9. The molecular weight excluding hydrogens is 662 g/mol. The van der Waals surface area contributed by atoms with Gasteiger partial charge in [0.25, 0.3) is 11.8 Å². The average Bonchev–Trinajstić information content (AvgIpc) is 3.53. The van der Waals surface area contributed by atoms with E-state index in [-0.39, 0.29) is 44.6 Å². The molecule has 2 aromatic rings. The minimum absolute atomic E-state index is 0.00146. The number of carbonyl (C=O) groups excluding carboxylic acids is 7. The second-order valence-corrected chi connectivity index (χ2v) is 14.3. The van der Waals surface area contributed by atoms with Gasteiger partial charge in [-0.25, -0.2) is 19.2 Å². The maximum absolute atomic E-state index is 13.1. The summed E-state index contributed by atoms with van der Waals surface area (Å²) < 4.78 is 16.5. The summed E-state index contributed by atoms with van der Waals surface area (Å²) in [6.07, 6.45) is -2.31. The molecule has 0 spiro atoms. The number of alkyl carbamates (subject to hydrolysis) is 1. The summed E-state index contributed by atoms with van der Waals surface area (Å²) in [6.45, 7) is 9.87. The largest absolute Gasteiger partial charge is 0.458 e. The molecule has 2 N–H and O–H groups in total. The van der Waals surface area contributed by atoms with E-state index in [2.05, 4.69) is 10.6 Å². The third-order valence-electron chi connectivity index (χ3n) is 7.85. The van der Waals surface area contributed by atoms with E-state index in [1.807, 2.05) is 48.5 Å². The molecule has 14 nitrogen and oxygen atoms in total. The van der Waals surface area contributed by atoms with Crippen LogP contribution in [0.2, 0.25) is 0 Å². The smallest absolute Gasteiger partial charge is 0.407 e. The fourth-order valence-electron chi connectivity index (χ4n) is 5.64. The predicted octanol–water partition coefficient (Wildman–Crippen LogP) is 4.23. The molecule has 0 bridgehead atoms. The predicted molar refractivity (Wildman–Crippen MR) is 181 cm³/mol. The van der Waals surface area contributed by atoms with E-state index in [1.54, 1.807) is 41.5 Å². The Morgan fingerprint density at radius 1 is 0.725 bits per heavy atom. The highest BCUT2D eigenvalue weighted by Crippen LogP contribution is 2.44. The molecule has 51 heavy (non-hydrogen) atoms. The van der Waals surface area contributed by atoms with Crippen molar-refractivity contribution in [1.82, 2.24) is 15.7 Å². The van der Waals surface area contributed by atoms with Gasteiger partial charge in [0.15, 0.2) is 0 Å². The number of hydroxylamine groups is 2. The Morgan fingerprint density at radius 2 is 1.20 bits per heavy atom. The molecule has 2 aromatic carbocycles. The number of esters is 2. The lowest BCUT2D eigenvalue weighted by molar-refractivity contribution is -0.197. The number of hydrogen-bond acceptors (Lipinski definition) is 11. The number of nitrogens with zero attached hydrogens (tertiary/aromatic N) is 1. The number of hydrogen-bond donors (Lipinski definition) is 2. The SMILES string of the molecule is CC(C)(C)OC(=O)[C@@H](CCC(=O)ON1C(=O)CCC1=O)NC(=O)CC[C@@H](NC(=O)OCC1c2ccccc2-c2ccccc21)C(=O)OC(C)(C)C. The standard InChI is InChI=1S/C37H45N3O11/c1-36(2,3)49-33(45)27(16-20-32(44)51-40-30(42)18-19-31(40)43)38-29(41)17-15-28(34(46)50-37(4,5)6)39-35(47)48-21-26-24-13-9-7-11-22(24)23-12-8-10-14-25(23)26/h7-14,26-28H,15-21H2,1-6H3,(H,38,41)(H,39,47)/t27-,28-/m1/s1. The van der Waals surface area contributed by atoms with E-state index in [1.165, 1.54) is 0 Å². The molecule has 2 atom stereocenters. The molecule has 274 valence electrons. The van der Waals surface area contributed by atoms with Crippen LogP contribution in [0.1, 0.15) is 97.1 Å². The van der Waals surface area contributed by atoms with Crippen LogP contribution in [0, 0.1) is 0 Å². The van der Waals surface area contributed by atoms with Gasteiger partial charge in [0.2, 0.25) is 5.91 Å². The van der Waals surface area contributed by atoms with Gasteiger partial charge in [-0.3, -0.25) is 14.4 Å². The molecular formula is C37H45N3O11. The van der Waals surface area contributed by atoms with Crippen molar-refractivity contribution in [1.29, 1.82) is 0 Å². The number of rotatable bonds is 13. The van der Waals surface area contributed by atoms with Crippen molar-refractivity contribution in [2.24, 2.45) is 0 Å². The van der Waals surface area contributed by atoms with E-state index in [0.29, 0.717) is 5.06 Å². The van der Waals surface area contributed by atoms with E-state index in [4.69, 9.17) is 19.0 Å². The molecule has 1 heterocycles. The van der Waals surface area contributed by atoms with Crippen LogP contribution in [0.4, 0.5) is 4.79 Å². The zero-order chi connectivity index (χ0) is 37.5. The van der Waals surface area contributed by atoms with Gasteiger partial charge in [-0.2, -0.15) is 0 Å². The topological polar surface area (TPSA) is 184 Å². The third-order valence-corrected chi connectivity index (χ3v) is 7.85. The molecule has 0 radical (unpaired) electrons. The lowest BCUT2D eigenvalue weighted by Gasteiger charge is -2.26. The molecule has 14 heteroatoms. The number of nitrogens with one attached hydrogen (secondary N) is 2. The maximum atomic E-state index is 13.1. The Balaban J connectivity index is 1.38. The lowest BCUT2D eigenvalue weighted by atomic mass is 9.98. The van der Waals surface area contributed by atoms with Crippen LogP contribution in [0.3, 0.4) is 0 Å². The summed E-state index contributed by atoms with van der Waals surface area (Å²) in [7, 11) is 0. The molecule has 2 aliphatic rings. The number of imide groups is 1. The lowest BCUT2D eigenvalue weighted by Crippen LogP contribution is -2.47. The van der Waals surface area contributed by atoms with Crippen LogP contribution in [-0.2, 0) is 47.8 Å². The van der Waals surface area contributed by atoms with Gasteiger partial charge in [-0.1, -0.05) is 48.5 Å². The normalized spacial score (nSPS) is 15.3. The summed E-state index contributed by atoms with van der Waals surface area (Å²) in [6, 6.07) is 13.1. The van der Waals surface area contributed by atoms with Crippen LogP contribution in [0.5, 0.6) is 0 Å². The number of benzene rings is 2. The quantitative estimate of drug-likeness (QED) is 0.173. The Bertz CT molecular complexity index is 1610. The highest BCUT2D eigenvalue weighted by Gasteiger charge is 2.35. The summed E-state index contributed by atoms with van der Waals surface area (Å²) in [5.74, 6) is -4.80. The van der Waals surface area contributed by atoms with Crippen molar-refractivity contribution in [3.8, 4) is 11.1 Å². The number of amides is 4. The van der Waals surface area contributed by atoms with E-state index >= 15 is 0 Å². The van der Waals surface area contributed by atoms with E-state index in [9.17, 15) is 33.6 Å². The van der Waals surface area contributed by atoms with Gasteiger partial charge in [0.05, 0.1) is 6.42 Å². The summed E-state index contributed by atoms with van der Waals surface area (Å²) in [4.78, 5) is 93.2. The third kappa shape index (κ3) is 10.9. The summed E-state index contributed by atoms with van der Waals surface area (Å²) >= 11 is 0. The van der Waals surface area contributed by atoms with Crippen molar-refractivity contribution < 1.29 is 52.6 Å². The van der Waals surface area contributed by atoms with Crippen LogP contribution >= 0.6 is 0 Å². The van der Waals surface area contributed by atoms with Gasteiger partial charge < -0.3 is 29.7 Å². The monoisotopic (exact) mass is 707 g/mol. The zero-order valence-electron chi connectivity index (χ0n) is 29.7. The van der Waals surface area contributed by atoms with Crippen molar-refractivity contribution >= 4 is 41.7 Å². The summed E-state index contributed by atoms with van der Waals surface area (Å²) in [5.41, 5.74) is 2.30. The van der Waals surface area contributed by atoms with Crippen molar-refractivity contribution in [3.05, 3.63) is 59.7 Å². The molecule has 0 unspecified atom stereocenters. The summed E-state index contributed by atoms with van der Waals surface area (Å²) in [5, 5.41) is 5.44. The first-order valence-corrected chi connectivity index (χ1v) is 16.8. The zero-order valence-corrected chi connectivity index (χ0v) is 29.7. The molecule has 1 aliphatic carbocycles. The maximum Gasteiger partial charge on any atom is 0.407 e. The molecule has 1 aliphatic heterocycles. The molecule has 1 saturated heterocycles. The molecule has 1 fully saturated rings. The average molecular weight is 708 g/mol. The number of ether oxygens (including phenoxy) is 3. The van der Waals surface area contributed by atoms with Crippen LogP contribution in [0.25, 0.3) is 11.1 Å². The first kappa shape index (κ1) is 38.5. The Kier molecular flexibility index (Phi) is 12.2. The van der Waals surface area contributed by atoms with Crippen LogP contribution in [0.15, 0.2) is 48.5 Å². The molecule has 4 amide bonds. The van der Waals surface area contributed by atoms with Crippen molar-refractivity contribution in [2.75, 3.05) is 6.61 Å². The molecule has 0 saturated carbocycles. The van der Waals surface area contributed by atoms with Gasteiger partial charge in [-0.15, -0.1) is 5.06 Å². The van der Waals surface area contributed by atoms with Gasteiger partial charge in [-0.05, 0) is 76.6 Å². The van der Waals surface area contributed by atoms with Gasteiger partial charge in [0.1, 0.15) is 29.9 Å². The minimum Gasteiger partial charge on any atom is -0.458 e. The molecule has 4 rings (SSSR count). The van der Waals surface area contributed by atoms with E-state index < -0.39 is 71.4 Å². The van der Waals surface area contributed by atoms with Crippen molar-refractivity contribution in [2.45, 2.75) is 109 Å². The second-order valence-electron chi connectivity index (χ2n) is 14.3. The molecule has 0 aromatic heterocycles. The number of fused-ring (bicyclic) bond motifs is 3.